The van der Waals surface area contributed by atoms with Crippen LogP contribution >= 0.6 is 11.3 Å². The van der Waals surface area contributed by atoms with Gasteiger partial charge in [0.15, 0.2) is 0 Å². The summed E-state index contributed by atoms with van der Waals surface area (Å²) in [5.41, 5.74) is 6.03. The number of carbonyl (C=O) groups is 1. The lowest BCUT2D eigenvalue weighted by Crippen LogP contribution is -2.21. The van der Waals surface area contributed by atoms with Crippen molar-refractivity contribution in [1.82, 2.24) is 4.90 Å². The molecule has 0 fully saturated rings. The quantitative estimate of drug-likeness (QED) is 0.821. The van der Waals surface area contributed by atoms with Crippen LogP contribution in [-0.4, -0.2) is 37.6 Å². The molecule has 1 rings (SSSR count). The standard InChI is InChI=1S/C11H16F3N3OS/c1-17(2)10(18)9-7(15)6-8(19-9)16-5-3-4-11(12,13)14/h6,16H,3-5,15H2,1-2H3. The summed E-state index contributed by atoms with van der Waals surface area (Å²) in [5.74, 6) is -0.217. The van der Waals surface area contributed by atoms with E-state index in [1.807, 2.05) is 0 Å². The van der Waals surface area contributed by atoms with Crippen LogP contribution in [0.4, 0.5) is 23.9 Å². The number of rotatable bonds is 5. The Kier molecular flexibility index (Phi) is 5.04. The number of hydrogen-bond donors (Lipinski definition) is 2. The second-order valence-corrected chi connectivity index (χ2v) is 5.29. The maximum atomic E-state index is 11.9. The van der Waals surface area contributed by atoms with E-state index in [1.54, 1.807) is 20.2 Å². The molecule has 0 unspecified atom stereocenters. The molecule has 0 atom stereocenters. The van der Waals surface area contributed by atoms with Crippen molar-refractivity contribution in [2.24, 2.45) is 0 Å². The van der Waals surface area contributed by atoms with E-state index in [-0.39, 0.29) is 18.9 Å². The normalized spacial score (nSPS) is 11.4. The Bertz CT molecular complexity index is 443. The van der Waals surface area contributed by atoms with Crippen LogP contribution in [0.2, 0.25) is 0 Å². The molecule has 0 bridgehead atoms. The number of carbonyl (C=O) groups excluding carboxylic acids is 1. The zero-order valence-corrected chi connectivity index (χ0v) is 11.5. The summed E-state index contributed by atoms with van der Waals surface area (Å²) in [4.78, 5) is 13.5. The van der Waals surface area contributed by atoms with E-state index in [0.29, 0.717) is 15.6 Å². The van der Waals surface area contributed by atoms with Crippen LogP contribution in [0, 0.1) is 0 Å². The Morgan fingerprint density at radius 3 is 2.63 bits per heavy atom. The smallest absolute Gasteiger partial charge is 0.389 e. The Morgan fingerprint density at radius 1 is 1.47 bits per heavy atom. The molecule has 0 saturated heterocycles. The molecule has 1 aromatic rings. The van der Waals surface area contributed by atoms with Crippen LogP contribution in [-0.2, 0) is 0 Å². The third-order valence-electron chi connectivity index (χ3n) is 2.30. The fraction of sp³-hybridized carbons (Fsp3) is 0.545. The first-order chi connectivity index (χ1) is 8.70. The molecule has 1 amide bonds. The summed E-state index contributed by atoms with van der Waals surface area (Å²) >= 11 is 1.15. The Labute approximate surface area is 113 Å². The average Bonchev–Trinajstić information content (AvgIpc) is 2.63. The monoisotopic (exact) mass is 295 g/mol. The van der Waals surface area contributed by atoms with Gasteiger partial charge in [-0.2, -0.15) is 13.2 Å². The zero-order valence-electron chi connectivity index (χ0n) is 10.7. The minimum atomic E-state index is -4.14. The summed E-state index contributed by atoms with van der Waals surface area (Å²) < 4.78 is 35.8. The SMILES string of the molecule is CN(C)C(=O)c1sc(NCCCC(F)(F)F)cc1N. The topological polar surface area (TPSA) is 58.4 Å². The van der Waals surface area contributed by atoms with Gasteiger partial charge in [-0.05, 0) is 12.5 Å². The number of nitrogen functional groups attached to an aromatic ring is 1. The van der Waals surface area contributed by atoms with Gasteiger partial charge >= 0.3 is 6.18 Å². The molecule has 8 heteroatoms. The van der Waals surface area contributed by atoms with Gasteiger partial charge in [0.2, 0.25) is 0 Å². The number of thiophene rings is 1. The predicted octanol–water partition coefficient (Wildman–Crippen LogP) is 2.79. The van der Waals surface area contributed by atoms with Crippen LogP contribution in [0.1, 0.15) is 22.5 Å². The van der Waals surface area contributed by atoms with Crippen LogP contribution in [0.25, 0.3) is 0 Å². The first-order valence-corrected chi connectivity index (χ1v) is 6.44. The highest BCUT2D eigenvalue weighted by atomic mass is 32.1. The molecule has 1 heterocycles. The van der Waals surface area contributed by atoms with Gasteiger partial charge in [0, 0.05) is 27.1 Å². The fourth-order valence-corrected chi connectivity index (χ4v) is 2.39. The van der Waals surface area contributed by atoms with Crippen molar-refractivity contribution < 1.29 is 18.0 Å². The van der Waals surface area contributed by atoms with Crippen LogP contribution in [0.5, 0.6) is 0 Å². The van der Waals surface area contributed by atoms with Crippen LogP contribution < -0.4 is 11.1 Å². The Balaban J connectivity index is 2.53. The number of amides is 1. The third kappa shape index (κ3) is 4.98. The Morgan fingerprint density at radius 2 is 2.11 bits per heavy atom. The van der Waals surface area contributed by atoms with E-state index in [4.69, 9.17) is 5.73 Å². The first kappa shape index (κ1) is 15.6. The minimum Gasteiger partial charge on any atom is -0.397 e. The lowest BCUT2D eigenvalue weighted by molar-refractivity contribution is -0.134. The van der Waals surface area contributed by atoms with Crippen LogP contribution in [0.15, 0.2) is 6.07 Å². The maximum absolute atomic E-state index is 11.9. The average molecular weight is 295 g/mol. The molecule has 1 aromatic heterocycles. The summed E-state index contributed by atoms with van der Waals surface area (Å²) in [7, 11) is 3.22. The molecule has 108 valence electrons. The molecule has 0 spiro atoms. The lowest BCUT2D eigenvalue weighted by atomic mass is 10.3. The zero-order chi connectivity index (χ0) is 14.6. The van der Waals surface area contributed by atoms with E-state index < -0.39 is 12.6 Å². The number of anilines is 2. The molecular weight excluding hydrogens is 279 g/mol. The Hall–Kier alpha value is -1.44. The van der Waals surface area contributed by atoms with Crippen molar-refractivity contribution >= 4 is 27.9 Å². The van der Waals surface area contributed by atoms with Gasteiger partial charge in [-0.1, -0.05) is 0 Å². The van der Waals surface area contributed by atoms with E-state index >= 15 is 0 Å². The van der Waals surface area contributed by atoms with E-state index in [0.717, 1.165) is 11.3 Å². The van der Waals surface area contributed by atoms with E-state index in [2.05, 4.69) is 5.32 Å². The molecule has 3 N–H and O–H groups in total. The molecule has 4 nitrogen and oxygen atoms in total. The molecule has 0 radical (unpaired) electrons. The maximum Gasteiger partial charge on any atom is 0.389 e. The van der Waals surface area contributed by atoms with Crippen molar-refractivity contribution in [3.05, 3.63) is 10.9 Å². The molecular formula is C11H16F3N3OS. The van der Waals surface area contributed by atoms with Crippen molar-refractivity contribution in [3.63, 3.8) is 0 Å². The van der Waals surface area contributed by atoms with Gasteiger partial charge in [0.1, 0.15) is 4.88 Å². The van der Waals surface area contributed by atoms with Crippen molar-refractivity contribution in [1.29, 1.82) is 0 Å². The number of nitrogens with one attached hydrogen (secondary N) is 1. The van der Waals surface area contributed by atoms with Crippen LogP contribution in [0.3, 0.4) is 0 Å². The summed E-state index contributed by atoms with van der Waals surface area (Å²) in [6.07, 6.45) is -4.98. The van der Waals surface area contributed by atoms with Gasteiger partial charge in [-0.15, -0.1) is 11.3 Å². The highest BCUT2D eigenvalue weighted by molar-refractivity contribution is 7.18. The van der Waals surface area contributed by atoms with Crippen molar-refractivity contribution in [3.8, 4) is 0 Å². The predicted molar refractivity (Wildman–Crippen MR) is 70.5 cm³/mol. The number of hydrogen-bond acceptors (Lipinski definition) is 4. The number of halogens is 3. The largest absolute Gasteiger partial charge is 0.397 e. The van der Waals surface area contributed by atoms with Gasteiger partial charge in [-0.25, -0.2) is 0 Å². The van der Waals surface area contributed by atoms with Gasteiger partial charge in [0.05, 0.1) is 10.7 Å². The van der Waals surface area contributed by atoms with Gasteiger partial charge in [0.25, 0.3) is 5.91 Å². The molecule has 0 saturated carbocycles. The lowest BCUT2D eigenvalue weighted by Gasteiger charge is -2.08. The van der Waals surface area contributed by atoms with Gasteiger partial charge in [-0.3, -0.25) is 4.79 Å². The molecule has 0 aliphatic carbocycles. The summed E-state index contributed by atoms with van der Waals surface area (Å²) in [6, 6.07) is 1.56. The van der Waals surface area contributed by atoms with Crippen molar-refractivity contribution in [2.75, 3.05) is 31.7 Å². The van der Waals surface area contributed by atoms with E-state index in [1.165, 1.54) is 4.90 Å². The molecule has 0 aliphatic heterocycles. The second kappa shape index (κ2) is 6.14. The highest BCUT2D eigenvalue weighted by Crippen LogP contribution is 2.30. The highest BCUT2D eigenvalue weighted by Gasteiger charge is 2.26. The molecule has 0 aromatic carbocycles. The van der Waals surface area contributed by atoms with Gasteiger partial charge < -0.3 is 16.0 Å². The molecule has 19 heavy (non-hydrogen) atoms. The minimum absolute atomic E-state index is 0.0156. The number of nitrogens with zero attached hydrogens (tertiary/aromatic N) is 1. The molecule has 0 aliphatic rings. The summed E-state index contributed by atoms with van der Waals surface area (Å²) in [6.45, 7) is 0.190. The first-order valence-electron chi connectivity index (χ1n) is 5.62. The number of nitrogens with two attached hydrogens (primary N) is 1. The van der Waals surface area contributed by atoms with E-state index in [9.17, 15) is 18.0 Å². The fourth-order valence-electron chi connectivity index (χ4n) is 1.36. The van der Waals surface area contributed by atoms with Crippen molar-refractivity contribution in [2.45, 2.75) is 19.0 Å². The number of alkyl halides is 3. The third-order valence-corrected chi connectivity index (χ3v) is 3.39. The summed E-state index contributed by atoms with van der Waals surface area (Å²) in [5, 5.41) is 3.44. The second-order valence-electron chi connectivity index (χ2n) is 4.24.